The van der Waals surface area contributed by atoms with Gasteiger partial charge in [0.25, 0.3) is 11.8 Å². The summed E-state index contributed by atoms with van der Waals surface area (Å²) < 4.78 is 0. The maximum absolute atomic E-state index is 12.8. The molecular formula is C20H16N2O4. The number of nitrogens with one attached hydrogen (secondary N) is 1. The van der Waals surface area contributed by atoms with Crippen molar-refractivity contribution in [3.8, 4) is 0 Å². The minimum atomic E-state index is -1.26. The molecule has 0 radical (unpaired) electrons. The summed E-state index contributed by atoms with van der Waals surface area (Å²) in [4.78, 5) is 41.4. The average molecular weight is 348 g/mol. The highest BCUT2D eigenvalue weighted by Crippen LogP contribution is 2.29. The molecule has 4 rings (SSSR count). The van der Waals surface area contributed by atoms with E-state index in [1.165, 1.54) is 0 Å². The third-order valence-electron chi connectivity index (χ3n) is 4.84. The molecule has 1 aliphatic rings. The second-order valence-electron chi connectivity index (χ2n) is 6.40. The van der Waals surface area contributed by atoms with Gasteiger partial charge in [-0.15, -0.1) is 0 Å². The van der Waals surface area contributed by atoms with Gasteiger partial charge in [-0.3, -0.25) is 14.5 Å². The summed E-state index contributed by atoms with van der Waals surface area (Å²) >= 11 is 0. The van der Waals surface area contributed by atoms with Gasteiger partial charge in [0.05, 0.1) is 11.1 Å². The SMILES string of the molecule is Cc1cccc2c1C(=O)N([C@@H](Cc1c[nH]c3ccccc13)C(=O)O)C2=O. The van der Waals surface area contributed by atoms with Gasteiger partial charge in [0.1, 0.15) is 6.04 Å². The number of carboxylic acid groups (broad SMARTS) is 1. The summed E-state index contributed by atoms with van der Waals surface area (Å²) in [6.45, 7) is 1.74. The number of aliphatic carboxylic acids is 1. The van der Waals surface area contributed by atoms with E-state index < -0.39 is 23.8 Å². The highest BCUT2D eigenvalue weighted by atomic mass is 16.4. The summed E-state index contributed by atoms with van der Waals surface area (Å²) in [5, 5.41) is 10.6. The van der Waals surface area contributed by atoms with Gasteiger partial charge in [0.15, 0.2) is 0 Å². The van der Waals surface area contributed by atoms with Crippen molar-refractivity contribution in [3.05, 3.63) is 70.9 Å². The Balaban J connectivity index is 1.74. The molecule has 6 heteroatoms. The highest BCUT2D eigenvalue weighted by Gasteiger charge is 2.43. The molecule has 1 aromatic heterocycles. The quantitative estimate of drug-likeness (QED) is 0.709. The molecule has 2 N–H and O–H groups in total. The van der Waals surface area contributed by atoms with E-state index in [2.05, 4.69) is 4.98 Å². The van der Waals surface area contributed by atoms with Crippen LogP contribution in [0, 0.1) is 6.92 Å². The van der Waals surface area contributed by atoms with Crippen molar-refractivity contribution in [1.82, 2.24) is 9.88 Å². The lowest BCUT2D eigenvalue weighted by atomic mass is 10.0. The van der Waals surface area contributed by atoms with Crippen molar-refractivity contribution < 1.29 is 19.5 Å². The first kappa shape index (κ1) is 16.1. The van der Waals surface area contributed by atoms with E-state index in [-0.39, 0.29) is 12.0 Å². The largest absolute Gasteiger partial charge is 0.480 e. The Morgan fingerprint density at radius 3 is 2.62 bits per heavy atom. The predicted molar refractivity (Wildman–Crippen MR) is 95.1 cm³/mol. The van der Waals surface area contributed by atoms with Gasteiger partial charge in [-0.2, -0.15) is 0 Å². The summed E-state index contributed by atoms with van der Waals surface area (Å²) in [6.07, 6.45) is 1.77. The monoisotopic (exact) mass is 348 g/mol. The van der Waals surface area contributed by atoms with E-state index in [1.807, 2.05) is 24.3 Å². The molecule has 2 aromatic carbocycles. The fourth-order valence-corrected chi connectivity index (χ4v) is 3.55. The number of hydrogen-bond acceptors (Lipinski definition) is 3. The Bertz CT molecular complexity index is 1070. The molecule has 6 nitrogen and oxygen atoms in total. The van der Waals surface area contributed by atoms with Crippen LogP contribution in [0.15, 0.2) is 48.7 Å². The number of aromatic amines is 1. The number of hydrogen-bond donors (Lipinski definition) is 2. The van der Waals surface area contributed by atoms with Crippen LogP contribution < -0.4 is 0 Å². The first-order valence-corrected chi connectivity index (χ1v) is 8.24. The zero-order valence-corrected chi connectivity index (χ0v) is 14.0. The fourth-order valence-electron chi connectivity index (χ4n) is 3.55. The number of para-hydroxylation sites is 1. The van der Waals surface area contributed by atoms with Crippen molar-refractivity contribution in [2.75, 3.05) is 0 Å². The van der Waals surface area contributed by atoms with E-state index in [1.54, 1.807) is 31.3 Å². The summed E-state index contributed by atoms with van der Waals surface area (Å²) in [6, 6.07) is 11.2. The van der Waals surface area contributed by atoms with E-state index in [4.69, 9.17) is 0 Å². The molecule has 1 atom stereocenters. The van der Waals surface area contributed by atoms with E-state index in [9.17, 15) is 19.5 Å². The predicted octanol–water partition coefficient (Wildman–Crippen LogP) is 2.77. The Labute approximate surface area is 149 Å². The molecule has 0 spiro atoms. The maximum Gasteiger partial charge on any atom is 0.327 e. The minimum absolute atomic E-state index is 0.0455. The summed E-state index contributed by atoms with van der Waals surface area (Å²) in [5.41, 5.74) is 2.86. The van der Waals surface area contributed by atoms with E-state index in [0.717, 1.165) is 21.4 Å². The number of carbonyl (C=O) groups is 3. The Morgan fingerprint density at radius 1 is 1.12 bits per heavy atom. The zero-order chi connectivity index (χ0) is 18.4. The molecule has 3 aromatic rings. The van der Waals surface area contributed by atoms with Gasteiger partial charge < -0.3 is 10.1 Å². The van der Waals surface area contributed by atoms with E-state index >= 15 is 0 Å². The van der Waals surface area contributed by atoms with Gasteiger partial charge in [0.2, 0.25) is 0 Å². The number of nitrogens with zero attached hydrogens (tertiary/aromatic N) is 1. The van der Waals surface area contributed by atoms with Crippen LogP contribution in [-0.4, -0.2) is 38.8 Å². The van der Waals surface area contributed by atoms with Crippen molar-refractivity contribution in [1.29, 1.82) is 0 Å². The molecule has 0 aliphatic carbocycles. The number of aryl methyl sites for hydroxylation is 1. The number of aromatic nitrogens is 1. The highest BCUT2D eigenvalue weighted by molar-refractivity contribution is 6.23. The normalized spacial score (nSPS) is 14.7. The number of rotatable bonds is 4. The molecule has 2 heterocycles. The first-order valence-electron chi connectivity index (χ1n) is 8.24. The molecule has 0 unspecified atom stereocenters. The molecule has 1 aliphatic heterocycles. The minimum Gasteiger partial charge on any atom is -0.480 e. The fraction of sp³-hybridized carbons (Fsp3) is 0.150. The van der Waals surface area contributed by atoms with Crippen LogP contribution in [0.2, 0.25) is 0 Å². The number of H-pyrrole nitrogens is 1. The Morgan fingerprint density at radius 2 is 1.88 bits per heavy atom. The van der Waals surface area contributed by atoms with Crippen molar-refractivity contribution in [2.24, 2.45) is 0 Å². The van der Waals surface area contributed by atoms with Gasteiger partial charge >= 0.3 is 5.97 Å². The number of carboxylic acids is 1. The van der Waals surface area contributed by atoms with Gasteiger partial charge in [-0.1, -0.05) is 30.3 Å². The van der Waals surface area contributed by atoms with Crippen molar-refractivity contribution in [3.63, 3.8) is 0 Å². The Hall–Kier alpha value is -3.41. The van der Waals surface area contributed by atoms with Crippen LogP contribution in [-0.2, 0) is 11.2 Å². The van der Waals surface area contributed by atoms with Crippen LogP contribution in [0.4, 0.5) is 0 Å². The second-order valence-corrected chi connectivity index (χ2v) is 6.40. The number of benzene rings is 2. The standard InChI is InChI=1S/C20H16N2O4/c1-11-5-4-7-14-17(11)19(24)22(18(14)23)16(20(25)26)9-12-10-21-15-8-3-2-6-13(12)15/h2-8,10,16,21H,9H2,1H3,(H,25,26)/t16-/m0/s1. The van der Waals surface area contributed by atoms with Gasteiger partial charge in [-0.25, -0.2) is 4.79 Å². The van der Waals surface area contributed by atoms with Crippen molar-refractivity contribution >= 4 is 28.7 Å². The Kier molecular flexibility index (Phi) is 3.61. The van der Waals surface area contributed by atoms with Gasteiger partial charge in [-0.05, 0) is 30.2 Å². The van der Waals surface area contributed by atoms with Crippen molar-refractivity contribution in [2.45, 2.75) is 19.4 Å². The zero-order valence-electron chi connectivity index (χ0n) is 14.0. The van der Waals surface area contributed by atoms with E-state index in [0.29, 0.717) is 11.1 Å². The molecule has 130 valence electrons. The third kappa shape index (κ3) is 2.30. The van der Waals surface area contributed by atoms with Crippen LogP contribution in [0.1, 0.15) is 31.8 Å². The molecule has 0 fully saturated rings. The van der Waals surface area contributed by atoms with Crippen LogP contribution in [0.3, 0.4) is 0 Å². The number of fused-ring (bicyclic) bond motifs is 2. The third-order valence-corrected chi connectivity index (χ3v) is 4.84. The second kappa shape index (κ2) is 5.84. The lowest BCUT2D eigenvalue weighted by molar-refractivity contribution is -0.141. The molecule has 2 amide bonds. The molecular weight excluding hydrogens is 332 g/mol. The van der Waals surface area contributed by atoms with Crippen LogP contribution >= 0.6 is 0 Å². The number of carbonyl (C=O) groups excluding carboxylic acids is 2. The lowest BCUT2D eigenvalue weighted by Crippen LogP contribution is -2.46. The molecule has 26 heavy (non-hydrogen) atoms. The summed E-state index contributed by atoms with van der Waals surface area (Å²) in [5.74, 6) is -2.31. The maximum atomic E-state index is 12.8. The molecule has 0 bridgehead atoms. The smallest absolute Gasteiger partial charge is 0.327 e. The first-order chi connectivity index (χ1) is 12.5. The lowest BCUT2D eigenvalue weighted by Gasteiger charge is -2.22. The van der Waals surface area contributed by atoms with Crippen LogP contribution in [0.25, 0.3) is 10.9 Å². The average Bonchev–Trinajstić information content (AvgIpc) is 3.13. The topological polar surface area (TPSA) is 90.5 Å². The summed E-state index contributed by atoms with van der Waals surface area (Å²) in [7, 11) is 0. The molecule has 0 saturated heterocycles. The van der Waals surface area contributed by atoms with Crippen LogP contribution in [0.5, 0.6) is 0 Å². The van der Waals surface area contributed by atoms with Gasteiger partial charge in [0, 0.05) is 23.5 Å². The number of imide groups is 1. The number of amides is 2. The molecule has 0 saturated carbocycles.